The molecule has 1 aromatic heterocycles. The first kappa shape index (κ1) is 14.5. The maximum absolute atomic E-state index is 5.16. The van der Waals surface area contributed by atoms with Crippen LogP contribution in [0.4, 0.5) is 5.95 Å². The molecular formula is C12H22N4O2. The van der Waals surface area contributed by atoms with Crippen LogP contribution in [0.2, 0.25) is 0 Å². The van der Waals surface area contributed by atoms with Gasteiger partial charge in [0.05, 0.1) is 20.3 Å². The molecule has 1 aromatic rings. The molecule has 0 amide bonds. The predicted molar refractivity (Wildman–Crippen MR) is 71.6 cm³/mol. The van der Waals surface area contributed by atoms with Gasteiger partial charge in [0.2, 0.25) is 17.7 Å². The van der Waals surface area contributed by atoms with Crippen molar-refractivity contribution in [2.24, 2.45) is 0 Å². The van der Waals surface area contributed by atoms with Gasteiger partial charge >= 0.3 is 0 Å². The SMILES string of the molecule is CCCN(CCNC)c1nc(OC)cc(OC)n1. The fourth-order valence-electron chi connectivity index (χ4n) is 1.57. The fraction of sp³-hybridized carbons (Fsp3) is 0.667. The van der Waals surface area contributed by atoms with Crippen molar-refractivity contribution in [2.45, 2.75) is 13.3 Å². The largest absolute Gasteiger partial charge is 0.481 e. The molecule has 0 saturated heterocycles. The first-order chi connectivity index (χ1) is 8.74. The Morgan fingerprint density at radius 1 is 1.17 bits per heavy atom. The van der Waals surface area contributed by atoms with E-state index in [1.165, 1.54) is 0 Å². The second kappa shape index (κ2) is 7.71. The molecule has 0 bridgehead atoms. The molecule has 0 fully saturated rings. The monoisotopic (exact) mass is 254 g/mol. The van der Waals surface area contributed by atoms with Crippen LogP contribution in [0, 0.1) is 0 Å². The summed E-state index contributed by atoms with van der Waals surface area (Å²) in [7, 11) is 5.10. The number of nitrogens with zero attached hydrogens (tertiary/aromatic N) is 3. The van der Waals surface area contributed by atoms with Crippen molar-refractivity contribution in [2.75, 3.05) is 45.8 Å². The zero-order valence-electron chi connectivity index (χ0n) is 11.6. The lowest BCUT2D eigenvalue weighted by Gasteiger charge is -2.22. The van der Waals surface area contributed by atoms with Crippen molar-refractivity contribution in [1.29, 1.82) is 0 Å². The van der Waals surface area contributed by atoms with Gasteiger partial charge in [-0.15, -0.1) is 0 Å². The summed E-state index contributed by atoms with van der Waals surface area (Å²) in [4.78, 5) is 10.8. The second-order valence-corrected chi connectivity index (χ2v) is 3.84. The highest BCUT2D eigenvalue weighted by molar-refractivity contribution is 5.36. The number of nitrogens with one attached hydrogen (secondary N) is 1. The number of methoxy groups -OCH3 is 2. The first-order valence-corrected chi connectivity index (χ1v) is 6.11. The van der Waals surface area contributed by atoms with Gasteiger partial charge in [-0.3, -0.25) is 0 Å². The van der Waals surface area contributed by atoms with Crippen LogP contribution in [0.3, 0.4) is 0 Å². The third-order valence-electron chi connectivity index (χ3n) is 2.49. The third kappa shape index (κ3) is 4.03. The van der Waals surface area contributed by atoms with E-state index < -0.39 is 0 Å². The van der Waals surface area contributed by atoms with E-state index in [-0.39, 0.29) is 0 Å². The fourth-order valence-corrected chi connectivity index (χ4v) is 1.57. The summed E-state index contributed by atoms with van der Waals surface area (Å²) in [6.07, 6.45) is 1.03. The number of rotatable bonds is 8. The van der Waals surface area contributed by atoms with Crippen molar-refractivity contribution in [3.8, 4) is 11.8 Å². The minimum Gasteiger partial charge on any atom is -0.481 e. The molecule has 1 rings (SSSR count). The minimum atomic E-state index is 0.516. The zero-order valence-corrected chi connectivity index (χ0v) is 11.6. The van der Waals surface area contributed by atoms with Gasteiger partial charge in [-0.2, -0.15) is 9.97 Å². The van der Waals surface area contributed by atoms with Crippen LogP contribution in [-0.4, -0.2) is 50.9 Å². The van der Waals surface area contributed by atoms with Crippen LogP contribution in [0.5, 0.6) is 11.8 Å². The van der Waals surface area contributed by atoms with Gasteiger partial charge in [-0.1, -0.05) is 6.92 Å². The van der Waals surface area contributed by atoms with Crippen molar-refractivity contribution < 1.29 is 9.47 Å². The number of hydrogen-bond donors (Lipinski definition) is 1. The molecule has 0 aliphatic rings. The maximum atomic E-state index is 5.16. The Morgan fingerprint density at radius 3 is 2.22 bits per heavy atom. The molecular weight excluding hydrogens is 232 g/mol. The number of aromatic nitrogens is 2. The molecule has 18 heavy (non-hydrogen) atoms. The van der Waals surface area contributed by atoms with Gasteiger partial charge in [0.15, 0.2) is 0 Å². The molecule has 0 saturated carbocycles. The molecule has 0 atom stereocenters. The Hall–Kier alpha value is -1.56. The van der Waals surface area contributed by atoms with E-state index in [2.05, 4.69) is 27.1 Å². The van der Waals surface area contributed by atoms with E-state index in [4.69, 9.17) is 9.47 Å². The Morgan fingerprint density at radius 2 is 1.78 bits per heavy atom. The average molecular weight is 254 g/mol. The highest BCUT2D eigenvalue weighted by Gasteiger charge is 2.12. The lowest BCUT2D eigenvalue weighted by Crippen LogP contribution is -2.32. The third-order valence-corrected chi connectivity index (χ3v) is 2.49. The van der Waals surface area contributed by atoms with Gasteiger partial charge < -0.3 is 19.7 Å². The topological polar surface area (TPSA) is 59.5 Å². The quantitative estimate of drug-likeness (QED) is 0.744. The normalized spacial score (nSPS) is 10.2. The predicted octanol–water partition coefficient (Wildman–Crippen LogP) is 0.930. The molecule has 6 heteroatoms. The highest BCUT2D eigenvalue weighted by atomic mass is 16.5. The number of ether oxygens (including phenoxy) is 2. The van der Waals surface area contributed by atoms with Crippen LogP contribution in [-0.2, 0) is 0 Å². The van der Waals surface area contributed by atoms with Gasteiger partial charge in [0, 0.05) is 19.6 Å². The zero-order chi connectivity index (χ0) is 13.4. The van der Waals surface area contributed by atoms with E-state index in [1.807, 2.05) is 7.05 Å². The van der Waals surface area contributed by atoms with E-state index in [0.717, 1.165) is 26.1 Å². The summed E-state index contributed by atoms with van der Waals surface area (Å²) >= 11 is 0. The van der Waals surface area contributed by atoms with Crippen LogP contribution >= 0.6 is 0 Å². The standard InChI is InChI=1S/C12H22N4O2/c1-5-7-16(8-6-13-2)12-14-10(17-3)9-11(15-12)18-4/h9,13H,5-8H2,1-4H3. The molecule has 6 nitrogen and oxygen atoms in total. The van der Waals surface area contributed by atoms with Crippen molar-refractivity contribution >= 4 is 5.95 Å². The summed E-state index contributed by atoms with van der Waals surface area (Å²) < 4.78 is 10.3. The highest BCUT2D eigenvalue weighted by Crippen LogP contribution is 2.20. The van der Waals surface area contributed by atoms with Crippen molar-refractivity contribution in [1.82, 2.24) is 15.3 Å². The van der Waals surface area contributed by atoms with Crippen LogP contribution < -0.4 is 19.7 Å². The van der Waals surface area contributed by atoms with Gasteiger partial charge in [0.25, 0.3) is 0 Å². The first-order valence-electron chi connectivity index (χ1n) is 6.11. The summed E-state index contributed by atoms with van der Waals surface area (Å²) in [5.74, 6) is 1.67. The summed E-state index contributed by atoms with van der Waals surface area (Å²) in [6, 6.07) is 1.67. The van der Waals surface area contributed by atoms with Gasteiger partial charge in [-0.05, 0) is 13.5 Å². The van der Waals surface area contributed by atoms with Crippen molar-refractivity contribution in [3.05, 3.63) is 6.07 Å². The molecule has 1 N–H and O–H groups in total. The maximum Gasteiger partial charge on any atom is 0.232 e. The van der Waals surface area contributed by atoms with Gasteiger partial charge in [-0.25, -0.2) is 0 Å². The smallest absolute Gasteiger partial charge is 0.232 e. The average Bonchev–Trinajstić information content (AvgIpc) is 2.42. The van der Waals surface area contributed by atoms with E-state index in [9.17, 15) is 0 Å². The van der Waals surface area contributed by atoms with Gasteiger partial charge in [0.1, 0.15) is 0 Å². The lowest BCUT2D eigenvalue weighted by atomic mass is 10.4. The molecule has 0 spiro atoms. The minimum absolute atomic E-state index is 0.516. The Bertz CT molecular complexity index is 338. The van der Waals surface area contributed by atoms with E-state index in [0.29, 0.717) is 17.7 Å². The molecule has 1 heterocycles. The van der Waals surface area contributed by atoms with Crippen LogP contribution in [0.25, 0.3) is 0 Å². The lowest BCUT2D eigenvalue weighted by molar-refractivity contribution is 0.371. The number of anilines is 1. The summed E-state index contributed by atoms with van der Waals surface area (Å²) in [6.45, 7) is 4.76. The van der Waals surface area contributed by atoms with Crippen LogP contribution in [0.1, 0.15) is 13.3 Å². The molecule has 102 valence electrons. The van der Waals surface area contributed by atoms with E-state index >= 15 is 0 Å². The number of hydrogen-bond acceptors (Lipinski definition) is 6. The summed E-state index contributed by atoms with van der Waals surface area (Å²) in [5.41, 5.74) is 0. The van der Waals surface area contributed by atoms with Crippen molar-refractivity contribution in [3.63, 3.8) is 0 Å². The molecule has 0 aliphatic heterocycles. The second-order valence-electron chi connectivity index (χ2n) is 3.84. The number of likely N-dealkylation sites (N-methyl/N-ethyl adjacent to an activating group) is 1. The molecule has 0 aromatic carbocycles. The van der Waals surface area contributed by atoms with E-state index in [1.54, 1.807) is 20.3 Å². The Labute approximate surface area is 108 Å². The molecule has 0 aliphatic carbocycles. The van der Waals surface area contributed by atoms with Crippen LogP contribution in [0.15, 0.2) is 6.07 Å². The molecule has 0 radical (unpaired) electrons. The molecule has 0 unspecified atom stereocenters. The Kier molecular flexibility index (Phi) is 6.21. The summed E-state index contributed by atoms with van der Waals surface area (Å²) in [5, 5.41) is 3.12. The Balaban J connectivity index is 2.93.